The minimum absolute atomic E-state index is 0.0926. The summed E-state index contributed by atoms with van der Waals surface area (Å²) in [4.78, 5) is 22.8. The van der Waals surface area contributed by atoms with Gasteiger partial charge in [-0.2, -0.15) is 22.0 Å². The second-order valence-electron chi connectivity index (χ2n) is 4.66. The molecule has 0 spiro atoms. The summed E-state index contributed by atoms with van der Waals surface area (Å²) in [5, 5.41) is 1.38. The Balaban J connectivity index is 2.22. The van der Waals surface area contributed by atoms with Crippen LogP contribution < -0.4 is 0 Å². The Bertz CT molecular complexity index is 734. The van der Waals surface area contributed by atoms with E-state index >= 15 is 0 Å². The lowest BCUT2D eigenvalue weighted by Gasteiger charge is -2.17. The zero-order valence-electron chi connectivity index (χ0n) is 11.0. The fourth-order valence-electron chi connectivity index (χ4n) is 1.88. The van der Waals surface area contributed by atoms with E-state index < -0.39 is 30.1 Å². The molecule has 2 aromatic carbocycles. The molecule has 0 aliphatic rings. The average molecular weight is 316 g/mol. The number of Topliss-reactive ketones (excluding diaryl/α,β-unsaturated/α-hetero) is 2. The highest BCUT2D eigenvalue weighted by atomic mass is 19.4. The maximum atomic E-state index is 12.8. The van der Waals surface area contributed by atoms with E-state index in [1.165, 1.54) is 18.2 Å². The van der Waals surface area contributed by atoms with Crippen molar-refractivity contribution in [3.63, 3.8) is 0 Å². The van der Waals surface area contributed by atoms with Crippen molar-refractivity contribution in [1.82, 2.24) is 0 Å². The Morgan fingerprint density at radius 2 is 1.45 bits per heavy atom. The van der Waals surface area contributed by atoms with E-state index in [-0.39, 0.29) is 5.56 Å². The van der Waals surface area contributed by atoms with E-state index in [9.17, 15) is 31.5 Å². The van der Waals surface area contributed by atoms with Gasteiger partial charge in [0, 0.05) is 5.56 Å². The Labute approximate surface area is 121 Å². The first-order valence-electron chi connectivity index (χ1n) is 6.13. The third-order valence-electron chi connectivity index (χ3n) is 3.10. The normalized spacial score (nSPS) is 12.4. The van der Waals surface area contributed by atoms with Crippen molar-refractivity contribution in [2.45, 2.75) is 18.5 Å². The molecule has 0 bridgehead atoms. The lowest BCUT2D eigenvalue weighted by Crippen LogP contribution is -2.44. The predicted octanol–water partition coefficient (Wildman–Crippen LogP) is 4.18. The van der Waals surface area contributed by atoms with Gasteiger partial charge in [-0.05, 0) is 16.8 Å². The van der Waals surface area contributed by atoms with E-state index in [0.29, 0.717) is 5.39 Å². The molecule has 0 aliphatic heterocycles. The van der Waals surface area contributed by atoms with Crippen LogP contribution in [0.4, 0.5) is 22.0 Å². The van der Waals surface area contributed by atoms with E-state index in [2.05, 4.69) is 0 Å². The molecule has 0 N–H and O–H groups in total. The summed E-state index contributed by atoms with van der Waals surface area (Å²) < 4.78 is 61.8. The van der Waals surface area contributed by atoms with Crippen LogP contribution in [0.5, 0.6) is 0 Å². The molecule has 0 radical (unpaired) electrons. The van der Waals surface area contributed by atoms with Crippen LogP contribution in [0, 0.1) is 0 Å². The Morgan fingerprint density at radius 3 is 2.05 bits per heavy atom. The summed E-state index contributed by atoms with van der Waals surface area (Å²) in [6, 6.07) is 11.0. The van der Waals surface area contributed by atoms with Crippen LogP contribution >= 0.6 is 0 Å². The van der Waals surface area contributed by atoms with Gasteiger partial charge in [0.25, 0.3) is 0 Å². The number of hydrogen-bond acceptors (Lipinski definition) is 2. The molecule has 116 valence electrons. The predicted molar refractivity (Wildman–Crippen MR) is 68.9 cm³/mol. The van der Waals surface area contributed by atoms with Gasteiger partial charge >= 0.3 is 12.1 Å². The SMILES string of the molecule is O=C(CC(=O)C(F)(F)C(F)(F)F)c1ccc2ccccc2c1. The van der Waals surface area contributed by atoms with E-state index in [1.807, 2.05) is 0 Å². The van der Waals surface area contributed by atoms with Crippen molar-refractivity contribution in [3.05, 3.63) is 48.0 Å². The summed E-state index contributed by atoms with van der Waals surface area (Å²) in [5.74, 6) is -9.07. The number of halogens is 5. The van der Waals surface area contributed by atoms with Crippen molar-refractivity contribution in [1.29, 1.82) is 0 Å². The van der Waals surface area contributed by atoms with Gasteiger partial charge in [-0.15, -0.1) is 0 Å². The fourth-order valence-corrected chi connectivity index (χ4v) is 1.88. The van der Waals surface area contributed by atoms with Gasteiger partial charge in [0.05, 0.1) is 6.42 Å². The zero-order valence-corrected chi connectivity index (χ0v) is 11.0. The quantitative estimate of drug-likeness (QED) is 0.482. The molecule has 7 heteroatoms. The minimum Gasteiger partial charge on any atom is -0.294 e. The van der Waals surface area contributed by atoms with Gasteiger partial charge in [-0.25, -0.2) is 0 Å². The minimum atomic E-state index is -6.01. The highest BCUT2D eigenvalue weighted by molar-refractivity contribution is 6.11. The molecule has 22 heavy (non-hydrogen) atoms. The first-order chi connectivity index (χ1) is 10.1. The first kappa shape index (κ1) is 16.1. The van der Waals surface area contributed by atoms with Gasteiger partial charge in [0.2, 0.25) is 5.78 Å². The van der Waals surface area contributed by atoms with Crippen molar-refractivity contribution in [2.75, 3.05) is 0 Å². The summed E-state index contributed by atoms with van der Waals surface area (Å²) in [6.07, 6.45) is -7.52. The number of benzene rings is 2. The van der Waals surface area contributed by atoms with Crippen LogP contribution in [0.25, 0.3) is 10.8 Å². The van der Waals surface area contributed by atoms with Crippen LogP contribution in [0.3, 0.4) is 0 Å². The number of fused-ring (bicyclic) bond motifs is 1. The number of rotatable bonds is 4. The fraction of sp³-hybridized carbons (Fsp3) is 0.200. The molecule has 2 aromatic rings. The maximum Gasteiger partial charge on any atom is 0.461 e. The third kappa shape index (κ3) is 2.98. The maximum absolute atomic E-state index is 12.8. The number of alkyl halides is 5. The molecular weight excluding hydrogens is 307 g/mol. The summed E-state index contributed by atoms with van der Waals surface area (Å²) in [7, 11) is 0. The van der Waals surface area contributed by atoms with Gasteiger partial charge in [-0.3, -0.25) is 9.59 Å². The van der Waals surface area contributed by atoms with Crippen LogP contribution in [-0.4, -0.2) is 23.7 Å². The molecule has 0 aliphatic carbocycles. The molecule has 0 saturated carbocycles. The van der Waals surface area contributed by atoms with Crippen molar-refractivity contribution < 1.29 is 31.5 Å². The van der Waals surface area contributed by atoms with Crippen molar-refractivity contribution >= 4 is 22.3 Å². The molecular formula is C15H9F5O2. The van der Waals surface area contributed by atoms with Gasteiger partial charge in [0.15, 0.2) is 5.78 Å². The number of carbonyl (C=O) groups excluding carboxylic acids is 2. The molecule has 0 heterocycles. The molecule has 2 nitrogen and oxygen atoms in total. The molecule has 0 aromatic heterocycles. The highest BCUT2D eigenvalue weighted by Crippen LogP contribution is 2.37. The third-order valence-corrected chi connectivity index (χ3v) is 3.10. The lowest BCUT2D eigenvalue weighted by atomic mass is 10.00. The van der Waals surface area contributed by atoms with E-state index in [4.69, 9.17) is 0 Å². The largest absolute Gasteiger partial charge is 0.461 e. The number of carbonyl (C=O) groups is 2. The van der Waals surface area contributed by atoms with Crippen molar-refractivity contribution in [2.24, 2.45) is 0 Å². The van der Waals surface area contributed by atoms with E-state index in [1.54, 1.807) is 24.3 Å². The van der Waals surface area contributed by atoms with Gasteiger partial charge in [0.1, 0.15) is 0 Å². The molecule has 2 rings (SSSR count). The molecule has 0 amide bonds. The Kier molecular flexibility index (Phi) is 4.00. The molecule has 0 atom stereocenters. The lowest BCUT2D eigenvalue weighted by molar-refractivity contribution is -0.268. The van der Waals surface area contributed by atoms with Crippen LogP contribution in [0.15, 0.2) is 42.5 Å². The zero-order chi connectivity index (χ0) is 16.5. The van der Waals surface area contributed by atoms with Crippen LogP contribution in [-0.2, 0) is 4.79 Å². The first-order valence-corrected chi connectivity index (χ1v) is 6.13. The molecule has 0 fully saturated rings. The average Bonchev–Trinajstić information content (AvgIpc) is 2.45. The number of hydrogen-bond donors (Lipinski definition) is 0. The topological polar surface area (TPSA) is 34.1 Å². The monoisotopic (exact) mass is 316 g/mol. The Hall–Kier alpha value is -2.31. The van der Waals surface area contributed by atoms with Crippen molar-refractivity contribution in [3.8, 4) is 0 Å². The molecule has 0 saturated heterocycles. The Morgan fingerprint density at radius 1 is 0.864 bits per heavy atom. The van der Waals surface area contributed by atoms with Crippen LogP contribution in [0.2, 0.25) is 0 Å². The smallest absolute Gasteiger partial charge is 0.294 e. The summed E-state index contributed by atoms with van der Waals surface area (Å²) in [6.45, 7) is 0. The van der Waals surface area contributed by atoms with Gasteiger partial charge in [-0.1, -0.05) is 36.4 Å². The highest BCUT2D eigenvalue weighted by Gasteiger charge is 2.62. The summed E-state index contributed by atoms with van der Waals surface area (Å²) in [5.41, 5.74) is -0.0926. The standard InChI is InChI=1S/C15H9F5O2/c16-14(17,15(18,19)20)13(22)8-12(21)11-6-5-9-3-1-2-4-10(9)7-11/h1-7H,8H2. The summed E-state index contributed by atoms with van der Waals surface area (Å²) >= 11 is 0. The van der Waals surface area contributed by atoms with Crippen LogP contribution in [0.1, 0.15) is 16.8 Å². The van der Waals surface area contributed by atoms with E-state index in [0.717, 1.165) is 5.39 Å². The number of ketones is 2. The van der Waals surface area contributed by atoms with Gasteiger partial charge < -0.3 is 0 Å². The second kappa shape index (κ2) is 5.47. The second-order valence-corrected chi connectivity index (χ2v) is 4.66. The molecule has 0 unspecified atom stereocenters.